The summed E-state index contributed by atoms with van der Waals surface area (Å²) in [7, 11) is 0. The molecule has 5 heteroatoms. The molecule has 0 aliphatic carbocycles. The molecule has 0 aromatic carbocycles. The minimum atomic E-state index is -0.0625. The first-order valence-electron chi connectivity index (χ1n) is 6.59. The Hall–Kier alpha value is -1.62. The molecule has 5 nitrogen and oxygen atoms in total. The molecule has 3 rings (SSSR count). The highest BCUT2D eigenvalue weighted by molar-refractivity contribution is 5.76. The lowest BCUT2D eigenvalue weighted by molar-refractivity contribution is 0.736. The van der Waals surface area contributed by atoms with E-state index in [0.29, 0.717) is 0 Å². The maximum atomic E-state index is 12.1. The molecule has 1 aromatic rings. The van der Waals surface area contributed by atoms with E-state index in [4.69, 9.17) is 0 Å². The fourth-order valence-electron chi connectivity index (χ4n) is 2.75. The van der Waals surface area contributed by atoms with Gasteiger partial charge in [-0.2, -0.15) is 5.10 Å². The normalized spacial score (nSPS) is 20.0. The molecule has 18 heavy (non-hydrogen) atoms. The monoisotopic (exact) mass is 246 g/mol. The van der Waals surface area contributed by atoms with E-state index in [-0.39, 0.29) is 5.56 Å². The van der Waals surface area contributed by atoms with E-state index in [1.165, 1.54) is 12.8 Å². The summed E-state index contributed by atoms with van der Waals surface area (Å²) in [6.45, 7) is 3.84. The SMILES string of the molecule is O=c1[nH]ncc(N2CCCC2)c1C1=CCNCC1. The second-order valence-electron chi connectivity index (χ2n) is 4.84. The second-order valence-corrected chi connectivity index (χ2v) is 4.84. The van der Waals surface area contributed by atoms with Gasteiger partial charge in [-0.1, -0.05) is 6.08 Å². The van der Waals surface area contributed by atoms with Crippen molar-refractivity contribution < 1.29 is 0 Å². The van der Waals surface area contributed by atoms with Crippen molar-refractivity contribution in [2.24, 2.45) is 0 Å². The number of hydrogen-bond donors (Lipinski definition) is 2. The zero-order valence-electron chi connectivity index (χ0n) is 10.4. The molecule has 2 N–H and O–H groups in total. The van der Waals surface area contributed by atoms with E-state index in [2.05, 4.69) is 26.5 Å². The van der Waals surface area contributed by atoms with Gasteiger partial charge in [-0.05, 0) is 31.4 Å². The summed E-state index contributed by atoms with van der Waals surface area (Å²) >= 11 is 0. The number of aromatic nitrogens is 2. The Morgan fingerprint density at radius 1 is 1.28 bits per heavy atom. The van der Waals surface area contributed by atoms with Gasteiger partial charge in [0.1, 0.15) is 0 Å². The van der Waals surface area contributed by atoms with Crippen molar-refractivity contribution in [2.75, 3.05) is 31.1 Å². The number of nitrogens with one attached hydrogen (secondary N) is 2. The lowest BCUT2D eigenvalue weighted by Crippen LogP contribution is -2.27. The Balaban J connectivity index is 2.05. The van der Waals surface area contributed by atoms with Crippen LogP contribution in [0.3, 0.4) is 0 Å². The summed E-state index contributed by atoms with van der Waals surface area (Å²) in [5.41, 5.74) is 2.92. The number of aromatic amines is 1. The summed E-state index contributed by atoms with van der Waals surface area (Å²) in [5, 5.41) is 9.80. The molecule has 0 spiro atoms. The quantitative estimate of drug-likeness (QED) is 0.808. The van der Waals surface area contributed by atoms with Crippen molar-refractivity contribution in [1.82, 2.24) is 15.5 Å². The highest BCUT2D eigenvalue weighted by Gasteiger charge is 2.21. The molecule has 0 radical (unpaired) electrons. The number of nitrogens with zero attached hydrogens (tertiary/aromatic N) is 2. The molecule has 1 saturated heterocycles. The van der Waals surface area contributed by atoms with Gasteiger partial charge < -0.3 is 10.2 Å². The van der Waals surface area contributed by atoms with Crippen LogP contribution in [0.5, 0.6) is 0 Å². The Bertz CT molecular complexity index is 514. The lowest BCUT2D eigenvalue weighted by Gasteiger charge is -2.22. The van der Waals surface area contributed by atoms with Gasteiger partial charge in [-0.15, -0.1) is 0 Å². The minimum absolute atomic E-state index is 0.0625. The Morgan fingerprint density at radius 3 is 2.83 bits per heavy atom. The van der Waals surface area contributed by atoms with Crippen LogP contribution in [-0.4, -0.2) is 36.4 Å². The smallest absolute Gasteiger partial charge is 0.273 e. The zero-order chi connectivity index (χ0) is 12.4. The van der Waals surface area contributed by atoms with Crippen LogP contribution in [0.1, 0.15) is 24.8 Å². The fraction of sp³-hybridized carbons (Fsp3) is 0.538. The molecule has 2 aliphatic rings. The highest BCUT2D eigenvalue weighted by atomic mass is 16.1. The fourth-order valence-corrected chi connectivity index (χ4v) is 2.75. The molecule has 96 valence electrons. The predicted octanol–water partition coefficient (Wildman–Crippen LogP) is 0.747. The van der Waals surface area contributed by atoms with Crippen molar-refractivity contribution in [3.05, 3.63) is 28.2 Å². The standard InChI is InChI=1S/C13H18N4O/c18-13-12(10-3-5-14-6-4-10)11(9-15-16-13)17-7-1-2-8-17/h3,9,14H,1-2,4-8H2,(H,16,18). The molecular weight excluding hydrogens is 228 g/mol. The van der Waals surface area contributed by atoms with Crippen LogP contribution in [-0.2, 0) is 0 Å². The number of anilines is 1. The zero-order valence-corrected chi connectivity index (χ0v) is 10.4. The predicted molar refractivity (Wildman–Crippen MR) is 71.8 cm³/mol. The van der Waals surface area contributed by atoms with Crippen LogP contribution >= 0.6 is 0 Å². The molecular formula is C13H18N4O. The van der Waals surface area contributed by atoms with Crippen LogP contribution < -0.4 is 15.8 Å². The van der Waals surface area contributed by atoms with E-state index in [9.17, 15) is 4.79 Å². The van der Waals surface area contributed by atoms with Crippen LogP contribution in [0.2, 0.25) is 0 Å². The minimum Gasteiger partial charge on any atom is -0.370 e. The van der Waals surface area contributed by atoms with Gasteiger partial charge in [0.25, 0.3) is 5.56 Å². The van der Waals surface area contributed by atoms with Gasteiger partial charge in [0.05, 0.1) is 17.4 Å². The molecule has 1 aromatic heterocycles. The average Bonchev–Trinajstić information content (AvgIpc) is 2.93. The van der Waals surface area contributed by atoms with Crippen LogP contribution in [0.25, 0.3) is 5.57 Å². The van der Waals surface area contributed by atoms with Crippen molar-refractivity contribution in [1.29, 1.82) is 0 Å². The number of H-pyrrole nitrogens is 1. The lowest BCUT2D eigenvalue weighted by atomic mass is 10.0. The number of hydrogen-bond acceptors (Lipinski definition) is 4. The van der Waals surface area contributed by atoms with E-state index in [1.807, 2.05) is 0 Å². The molecule has 3 heterocycles. The Kier molecular flexibility index (Phi) is 3.15. The van der Waals surface area contributed by atoms with Crippen LogP contribution in [0, 0.1) is 0 Å². The summed E-state index contributed by atoms with van der Waals surface area (Å²) < 4.78 is 0. The molecule has 0 saturated carbocycles. The third-order valence-electron chi connectivity index (χ3n) is 3.67. The Morgan fingerprint density at radius 2 is 2.11 bits per heavy atom. The van der Waals surface area contributed by atoms with E-state index >= 15 is 0 Å². The maximum Gasteiger partial charge on any atom is 0.273 e. The summed E-state index contributed by atoms with van der Waals surface area (Å²) in [6, 6.07) is 0. The van der Waals surface area contributed by atoms with Gasteiger partial charge in [0, 0.05) is 19.6 Å². The van der Waals surface area contributed by atoms with E-state index in [1.54, 1.807) is 6.20 Å². The van der Waals surface area contributed by atoms with Crippen LogP contribution in [0.15, 0.2) is 17.1 Å². The first-order valence-corrected chi connectivity index (χ1v) is 6.59. The topological polar surface area (TPSA) is 61.0 Å². The van der Waals surface area contributed by atoms with Crippen molar-refractivity contribution in [3.63, 3.8) is 0 Å². The summed E-state index contributed by atoms with van der Waals surface area (Å²) in [4.78, 5) is 14.4. The second kappa shape index (κ2) is 4.94. The largest absolute Gasteiger partial charge is 0.370 e. The molecule has 0 atom stereocenters. The van der Waals surface area contributed by atoms with Crippen LogP contribution in [0.4, 0.5) is 5.69 Å². The van der Waals surface area contributed by atoms with Gasteiger partial charge in [0.15, 0.2) is 0 Å². The van der Waals surface area contributed by atoms with E-state index in [0.717, 1.165) is 49.4 Å². The Labute approximate surface area is 106 Å². The summed E-state index contributed by atoms with van der Waals surface area (Å²) in [5.74, 6) is 0. The summed E-state index contributed by atoms with van der Waals surface area (Å²) in [6.07, 6.45) is 7.23. The van der Waals surface area contributed by atoms with E-state index < -0.39 is 0 Å². The first-order chi connectivity index (χ1) is 8.86. The third-order valence-corrected chi connectivity index (χ3v) is 3.67. The highest BCUT2D eigenvalue weighted by Crippen LogP contribution is 2.28. The van der Waals surface area contributed by atoms with Gasteiger partial charge in [-0.25, -0.2) is 5.10 Å². The average molecular weight is 246 g/mol. The van der Waals surface area contributed by atoms with Gasteiger partial charge >= 0.3 is 0 Å². The molecule has 1 fully saturated rings. The first kappa shape index (κ1) is 11.5. The number of rotatable bonds is 2. The van der Waals surface area contributed by atoms with Crippen molar-refractivity contribution in [3.8, 4) is 0 Å². The molecule has 0 unspecified atom stereocenters. The van der Waals surface area contributed by atoms with Gasteiger partial charge in [-0.3, -0.25) is 4.79 Å². The van der Waals surface area contributed by atoms with Gasteiger partial charge in [0.2, 0.25) is 0 Å². The third kappa shape index (κ3) is 2.06. The molecule has 0 amide bonds. The maximum absolute atomic E-state index is 12.1. The molecule has 2 aliphatic heterocycles. The molecule has 0 bridgehead atoms. The van der Waals surface area contributed by atoms with Crippen molar-refractivity contribution in [2.45, 2.75) is 19.3 Å². The van der Waals surface area contributed by atoms with Crippen molar-refractivity contribution >= 4 is 11.3 Å².